The van der Waals surface area contributed by atoms with Crippen molar-refractivity contribution in [1.29, 1.82) is 0 Å². The molecule has 6 nitrogen and oxygen atoms in total. The number of hydrogen-bond donors (Lipinski definition) is 1. The van der Waals surface area contributed by atoms with Crippen molar-refractivity contribution in [3.05, 3.63) is 46.8 Å². The van der Waals surface area contributed by atoms with E-state index in [0.717, 1.165) is 13.0 Å². The van der Waals surface area contributed by atoms with Gasteiger partial charge >= 0.3 is 0 Å². The maximum absolute atomic E-state index is 14.2. The zero-order valence-electron chi connectivity index (χ0n) is 17.0. The maximum Gasteiger partial charge on any atom is 0.265 e. The summed E-state index contributed by atoms with van der Waals surface area (Å²) in [4.78, 5) is 11.3. The van der Waals surface area contributed by atoms with Crippen molar-refractivity contribution >= 4 is 33.1 Å². The number of nitrogens with one attached hydrogen (secondary N) is 1. The fourth-order valence-corrected chi connectivity index (χ4v) is 4.10. The third-order valence-electron chi connectivity index (χ3n) is 4.50. The van der Waals surface area contributed by atoms with Crippen LogP contribution in [0.4, 0.5) is 18.9 Å². The number of carbonyl (C=O) groups excluding carboxylic acids is 1. The van der Waals surface area contributed by atoms with E-state index in [4.69, 9.17) is 21.1 Å². The number of Topliss-reactive ketones (excluding diaryl/α,β-unsaturated/α-hetero) is 1. The summed E-state index contributed by atoms with van der Waals surface area (Å²) >= 11 is 5.62. The summed E-state index contributed by atoms with van der Waals surface area (Å²) in [5.41, 5.74) is -0.828. The number of sulfonamides is 1. The minimum Gasteiger partial charge on any atom is -0.496 e. The van der Waals surface area contributed by atoms with Gasteiger partial charge in [0.15, 0.2) is 17.4 Å². The highest BCUT2D eigenvalue weighted by Gasteiger charge is 2.27. The first kappa shape index (κ1) is 24.8. The lowest BCUT2D eigenvalue weighted by molar-refractivity contribution is 0.0977. The van der Waals surface area contributed by atoms with Crippen LogP contribution in [0.25, 0.3) is 0 Å². The predicted molar refractivity (Wildman–Crippen MR) is 110 cm³/mol. The van der Waals surface area contributed by atoms with Crippen molar-refractivity contribution in [3.8, 4) is 11.5 Å². The summed E-state index contributed by atoms with van der Waals surface area (Å²) in [6, 6.07) is 2.82. The lowest BCUT2D eigenvalue weighted by atomic mass is 10.0. The second-order valence-electron chi connectivity index (χ2n) is 6.54. The number of benzene rings is 2. The number of methoxy groups -OCH3 is 2. The van der Waals surface area contributed by atoms with Crippen LogP contribution in [-0.2, 0) is 10.0 Å². The van der Waals surface area contributed by atoms with Gasteiger partial charge in [-0.15, -0.1) is 11.6 Å². The van der Waals surface area contributed by atoms with Crippen LogP contribution in [0.1, 0.15) is 35.2 Å². The van der Waals surface area contributed by atoms with Gasteiger partial charge in [-0.1, -0.05) is 0 Å². The lowest BCUT2D eigenvalue weighted by Crippen LogP contribution is -2.17. The highest BCUT2D eigenvalue weighted by molar-refractivity contribution is 7.92. The van der Waals surface area contributed by atoms with Crippen LogP contribution in [0.3, 0.4) is 0 Å². The average molecular weight is 480 g/mol. The Morgan fingerprint density at radius 1 is 1.03 bits per heavy atom. The van der Waals surface area contributed by atoms with Gasteiger partial charge < -0.3 is 9.47 Å². The van der Waals surface area contributed by atoms with Gasteiger partial charge in [-0.05, 0) is 31.9 Å². The first-order chi connectivity index (χ1) is 14.6. The molecule has 0 atom stereocenters. The zero-order chi connectivity index (χ0) is 23.3. The van der Waals surface area contributed by atoms with Crippen molar-refractivity contribution in [1.82, 2.24) is 0 Å². The summed E-state index contributed by atoms with van der Waals surface area (Å²) in [5, 5.41) is 0. The van der Waals surface area contributed by atoms with Crippen LogP contribution in [0, 0.1) is 24.4 Å². The minimum absolute atomic E-state index is 0.0498. The van der Waals surface area contributed by atoms with Crippen molar-refractivity contribution in [3.63, 3.8) is 0 Å². The third kappa shape index (κ3) is 5.43. The predicted octanol–water partition coefficient (Wildman–Crippen LogP) is 4.82. The monoisotopic (exact) mass is 479 g/mol. The van der Waals surface area contributed by atoms with Gasteiger partial charge in [-0.2, -0.15) is 0 Å². The molecule has 0 amide bonds. The van der Waals surface area contributed by atoms with E-state index in [1.807, 2.05) is 4.72 Å². The summed E-state index contributed by atoms with van der Waals surface area (Å²) in [5.74, 6) is -4.44. The number of halogens is 4. The van der Waals surface area contributed by atoms with Crippen LogP contribution in [0.2, 0.25) is 0 Å². The van der Waals surface area contributed by atoms with Gasteiger partial charge in [0.2, 0.25) is 0 Å². The molecule has 2 aromatic carbocycles. The summed E-state index contributed by atoms with van der Waals surface area (Å²) in [7, 11) is -2.22. The minimum atomic E-state index is -4.78. The van der Waals surface area contributed by atoms with Crippen LogP contribution in [-0.4, -0.2) is 34.3 Å². The molecule has 0 aliphatic rings. The van der Waals surface area contributed by atoms with Crippen molar-refractivity contribution in [2.75, 3.05) is 24.8 Å². The second kappa shape index (κ2) is 10.2. The molecule has 0 saturated carbocycles. The molecular formula is C20H21ClF3NO5S. The van der Waals surface area contributed by atoms with Gasteiger partial charge in [0.1, 0.15) is 22.2 Å². The first-order valence-electron chi connectivity index (χ1n) is 9.09. The van der Waals surface area contributed by atoms with E-state index in [0.29, 0.717) is 24.8 Å². The highest BCUT2D eigenvalue weighted by atomic mass is 35.5. The van der Waals surface area contributed by atoms with Crippen LogP contribution in [0.15, 0.2) is 23.1 Å². The van der Waals surface area contributed by atoms with E-state index >= 15 is 0 Å². The van der Waals surface area contributed by atoms with E-state index in [2.05, 4.69) is 0 Å². The molecule has 0 aliphatic heterocycles. The Kier molecular flexibility index (Phi) is 8.19. The van der Waals surface area contributed by atoms with Gasteiger partial charge in [0.25, 0.3) is 10.0 Å². The number of ketones is 1. The van der Waals surface area contributed by atoms with Crippen LogP contribution in [0.5, 0.6) is 11.5 Å². The Bertz CT molecular complexity index is 1090. The Labute approximate surface area is 183 Å². The Morgan fingerprint density at radius 2 is 1.68 bits per heavy atom. The number of unbranched alkanes of at least 4 members (excludes halogenated alkanes) is 1. The molecule has 170 valence electrons. The maximum atomic E-state index is 14.2. The van der Waals surface area contributed by atoms with Crippen LogP contribution >= 0.6 is 11.6 Å². The molecule has 0 aliphatic carbocycles. The molecule has 0 radical (unpaired) electrons. The topological polar surface area (TPSA) is 81.7 Å². The molecule has 0 unspecified atom stereocenters. The number of hydrogen-bond acceptors (Lipinski definition) is 5. The molecule has 1 N–H and O–H groups in total. The van der Waals surface area contributed by atoms with E-state index in [-0.39, 0.29) is 35.0 Å². The smallest absolute Gasteiger partial charge is 0.265 e. The number of alkyl halides is 1. The van der Waals surface area contributed by atoms with Crippen molar-refractivity contribution in [2.45, 2.75) is 31.1 Å². The molecule has 31 heavy (non-hydrogen) atoms. The molecule has 0 aromatic heterocycles. The van der Waals surface area contributed by atoms with Crippen molar-refractivity contribution in [2.24, 2.45) is 0 Å². The van der Waals surface area contributed by atoms with E-state index in [1.54, 1.807) is 0 Å². The quantitative estimate of drug-likeness (QED) is 0.228. The number of carbonyl (C=O) groups is 1. The number of anilines is 1. The molecule has 11 heteroatoms. The Hall–Kier alpha value is -2.46. The molecule has 2 aromatic rings. The van der Waals surface area contributed by atoms with Crippen LogP contribution < -0.4 is 14.2 Å². The average Bonchev–Trinajstić information content (AvgIpc) is 2.74. The molecule has 0 saturated heterocycles. The van der Waals surface area contributed by atoms with Gasteiger partial charge in [0.05, 0.1) is 25.5 Å². The molecule has 0 heterocycles. The normalized spacial score (nSPS) is 11.3. The first-order valence-corrected chi connectivity index (χ1v) is 11.1. The second-order valence-corrected chi connectivity index (χ2v) is 8.57. The van der Waals surface area contributed by atoms with Gasteiger partial charge in [-0.25, -0.2) is 21.6 Å². The largest absolute Gasteiger partial charge is 0.496 e. The fourth-order valence-electron chi connectivity index (χ4n) is 2.77. The van der Waals surface area contributed by atoms with E-state index in [1.165, 1.54) is 20.3 Å². The van der Waals surface area contributed by atoms with E-state index < -0.39 is 37.9 Å². The molecular weight excluding hydrogens is 459 g/mol. The van der Waals surface area contributed by atoms with Crippen molar-refractivity contribution < 1.29 is 35.9 Å². The lowest BCUT2D eigenvalue weighted by Gasteiger charge is -2.16. The number of rotatable bonds is 10. The van der Waals surface area contributed by atoms with Gasteiger partial charge in [-0.3, -0.25) is 9.52 Å². The zero-order valence-corrected chi connectivity index (χ0v) is 18.6. The molecule has 0 bridgehead atoms. The third-order valence-corrected chi connectivity index (χ3v) is 6.13. The summed E-state index contributed by atoms with van der Waals surface area (Å²) < 4.78 is 79.7. The summed E-state index contributed by atoms with van der Waals surface area (Å²) in [6.45, 7) is 0.978. The standard InChI is InChI=1S/C20H21ClF3NO5S/c1-11-13(22)9-18(20(24)19(11)23)31(27,28)25-14-8-12(15(26)6-4-5-7-21)16(29-2)10-17(14)30-3/h8-10,25H,4-7H2,1-3H3. The molecule has 0 spiro atoms. The Balaban J connectivity index is 2.53. The molecule has 2 rings (SSSR count). The summed E-state index contributed by atoms with van der Waals surface area (Å²) in [6.07, 6.45) is 1.24. The highest BCUT2D eigenvalue weighted by Crippen LogP contribution is 2.36. The van der Waals surface area contributed by atoms with E-state index in [9.17, 15) is 26.4 Å². The van der Waals surface area contributed by atoms with Gasteiger partial charge in [0, 0.05) is 23.9 Å². The number of ether oxygens (including phenoxy) is 2. The Morgan fingerprint density at radius 3 is 2.26 bits per heavy atom. The SMILES string of the molecule is COc1cc(OC)c(C(=O)CCCCCl)cc1NS(=O)(=O)c1cc(F)c(C)c(F)c1F. The molecule has 0 fully saturated rings. The fraction of sp³-hybridized carbons (Fsp3) is 0.350.